The Labute approximate surface area is 108 Å². The van der Waals surface area contributed by atoms with Crippen LogP contribution in [-0.4, -0.2) is 17.8 Å². The van der Waals surface area contributed by atoms with Crippen LogP contribution in [0.15, 0.2) is 18.2 Å². The SMILES string of the molecule is Cc1cc(C)cc(C(=O)NCC(Cl)C(C)C)c1. The van der Waals surface area contributed by atoms with Crippen LogP contribution in [0, 0.1) is 19.8 Å². The lowest BCUT2D eigenvalue weighted by Crippen LogP contribution is -2.32. The number of benzene rings is 1. The molecule has 0 aromatic heterocycles. The normalized spacial score (nSPS) is 12.6. The van der Waals surface area contributed by atoms with Crippen LogP contribution in [0.3, 0.4) is 0 Å². The maximum absolute atomic E-state index is 11.9. The van der Waals surface area contributed by atoms with Crippen molar-refractivity contribution in [2.24, 2.45) is 5.92 Å². The second-order valence-electron chi connectivity index (χ2n) is 4.85. The Balaban J connectivity index is 2.64. The first-order chi connectivity index (χ1) is 7.90. The van der Waals surface area contributed by atoms with Gasteiger partial charge in [0.15, 0.2) is 0 Å². The summed E-state index contributed by atoms with van der Waals surface area (Å²) < 4.78 is 0. The van der Waals surface area contributed by atoms with Gasteiger partial charge in [-0.05, 0) is 31.9 Å². The number of carbonyl (C=O) groups is 1. The summed E-state index contributed by atoms with van der Waals surface area (Å²) in [6.45, 7) is 8.57. The van der Waals surface area contributed by atoms with Crippen LogP contribution in [0.1, 0.15) is 35.3 Å². The Morgan fingerprint density at radius 1 is 1.24 bits per heavy atom. The van der Waals surface area contributed by atoms with Gasteiger partial charge in [-0.2, -0.15) is 0 Å². The van der Waals surface area contributed by atoms with Crippen LogP contribution in [0.4, 0.5) is 0 Å². The van der Waals surface area contributed by atoms with E-state index in [0.717, 1.165) is 11.1 Å². The molecule has 0 spiro atoms. The summed E-state index contributed by atoms with van der Waals surface area (Å²) in [5, 5.41) is 2.84. The van der Waals surface area contributed by atoms with Crippen molar-refractivity contribution < 1.29 is 4.79 Å². The third kappa shape index (κ3) is 4.39. The zero-order valence-corrected chi connectivity index (χ0v) is 11.6. The molecule has 1 unspecified atom stereocenters. The molecule has 1 amide bonds. The van der Waals surface area contributed by atoms with E-state index in [1.54, 1.807) is 0 Å². The molecule has 1 aromatic carbocycles. The molecule has 94 valence electrons. The zero-order valence-electron chi connectivity index (χ0n) is 10.9. The standard InChI is InChI=1S/C14H20ClNO/c1-9(2)13(15)8-16-14(17)12-6-10(3)5-11(4)7-12/h5-7,9,13H,8H2,1-4H3,(H,16,17). The van der Waals surface area contributed by atoms with Crippen molar-refractivity contribution in [3.05, 3.63) is 34.9 Å². The number of hydrogen-bond donors (Lipinski definition) is 1. The van der Waals surface area contributed by atoms with Crippen LogP contribution >= 0.6 is 11.6 Å². The summed E-state index contributed by atoms with van der Waals surface area (Å²) in [4.78, 5) is 11.9. The fourth-order valence-electron chi connectivity index (χ4n) is 1.63. The van der Waals surface area contributed by atoms with Crippen molar-refractivity contribution in [2.75, 3.05) is 6.54 Å². The Morgan fingerprint density at radius 2 is 1.76 bits per heavy atom. The van der Waals surface area contributed by atoms with Gasteiger partial charge >= 0.3 is 0 Å². The second-order valence-corrected chi connectivity index (χ2v) is 5.41. The van der Waals surface area contributed by atoms with Gasteiger partial charge in [-0.1, -0.05) is 31.0 Å². The van der Waals surface area contributed by atoms with Crippen molar-refractivity contribution in [1.82, 2.24) is 5.32 Å². The van der Waals surface area contributed by atoms with Gasteiger partial charge in [0.2, 0.25) is 0 Å². The number of carbonyl (C=O) groups excluding carboxylic acids is 1. The van der Waals surface area contributed by atoms with E-state index >= 15 is 0 Å². The molecule has 1 N–H and O–H groups in total. The number of rotatable bonds is 4. The number of aryl methyl sites for hydroxylation is 2. The Hall–Kier alpha value is -1.02. The monoisotopic (exact) mass is 253 g/mol. The maximum atomic E-state index is 11.9. The molecule has 3 heteroatoms. The van der Waals surface area contributed by atoms with Gasteiger partial charge in [0.05, 0.1) is 5.38 Å². The number of amides is 1. The lowest BCUT2D eigenvalue weighted by Gasteiger charge is -2.14. The minimum absolute atomic E-state index is 0.0233. The molecule has 1 atom stereocenters. The first-order valence-corrected chi connectivity index (χ1v) is 6.34. The highest BCUT2D eigenvalue weighted by atomic mass is 35.5. The fourth-order valence-corrected chi connectivity index (χ4v) is 1.71. The molecular formula is C14H20ClNO. The van der Waals surface area contributed by atoms with Gasteiger partial charge < -0.3 is 5.32 Å². The van der Waals surface area contributed by atoms with E-state index in [4.69, 9.17) is 11.6 Å². The number of halogens is 1. The molecule has 17 heavy (non-hydrogen) atoms. The highest BCUT2D eigenvalue weighted by Gasteiger charge is 2.12. The minimum atomic E-state index is -0.0527. The number of hydrogen-bond acceptors (Lipinski definition) is 1. The van der Waals surface area contributed by atoms with Crippen LogP contribution < -0.4 is 5.32 Å². The van der Waals surface area contributed by atoms with Crippen molar-refractivity contribution >= 4 is 17.5 Å². The van der Waals surface area contributed by atoms with Crippen LogP contribution in [0.25, 0.3) is 0 Å². The van der Waals surface area contributed by atoms with Crippen molar-refractivity contribution in [2.45, 2.75) is 33.1 Å². The minimum Gasteiger partial charge on any atom is -0.351 e. The van der Waals surface area contributed by atoms with Gasteiger partial charge in [-0.3, -0.25) is 4.79 Å². The molecule has 0 aliphatic carbocycles. The smallest absolute Gasteiger partial charge is 0.251 e. The molecule has 0 aliphatic heterocycles. The van der Waals surface area contributed by atoms with Gasteiger partial charge in [0.1, 0.15) is 0 Å². The third-order valence-electron chi connectivity index (χ3n) is 2.66. The van der Waals surface area contributed by atoms with E-state index < -0.39 is 0 Å². The van der Waals surface area contributed by atoms with E-state index in [9.17, 15) is 4.79 Å². The third-order valence-corrected chi connectivity index (χ3v) is 3.32. The molecule has 0 saturated heterocycles. The van der Waals surface area contributed by atoms with E-state index in [1.165, 1.54) is 0 Å². The largest absolute Gasteiger partial charge is 0.351 e. The summed E-state index contributed by atoms with van der Waals surface area (Å²) in [6.07, 6.45) is 0. The molecule has 2 nitrogen and oxygen atoms in total. The maximum Gasteiger partial charge on any atom is 0.251 e. The number of alkyl halides is 1. The summed E-state index contributed by atoms with van der Waals surface area (Å²) in [5.74, 6) is 0.305. The lowest BCUT2D eigenvalue weighted by atomic mass is 10.1. The summed E-state index contributed by atoms with van der Waals surface area (Å²) in [6, 6.07) is 5.83. The molecule has 1 rings (SSSR count). The van der Waals surface area contributed by atoms with Crippen molar-refractivity contribution in [3.8, 4) is 0 Å². The molecule has 0 bridgehead atoms. The van der Waals surface area contributed by atoms with Crippen LogP contribution in [-0.2, 0) is 0 Å². The lowest BCUT2D eigenvalue weighted by molar-refractivity contribution is 0.0952. The molecule has 1 aromatic rings. The molecular weight excluding hydrogens is 234 g/mol. The molecule has 0 fully saturated rings. The molecule has 0 radical (unpaired) electrons. The van der Waals surface area contributed by atoms with Crippen molar-refractivity contribution in [1.29, 1.82) is 0 Å². The van der Waals surface area contributed by atoms with Gasteiger partial charge in [0, 0.05) is 12.1 Å². The summed E-state index contributed by atoms with van der Waals surface area (Å²) in [5.41, 5.74) is 2.90. The zero-order chi connectivity index (χ0) is 13.0. The molecule has 0 aliphatic rings. The quantitative estimate of drug-likeness (QED) is 0.820. The van der Waals surface area contributed by atoms with Crippen LogP contribution in [0.5, 0.6) is 0 Å². The topological polar surface area (TPSA) is 29.1 Å². The Morgan fingerprint density at radius 3 is 2.24 bits per heavy atom. The molecule has 0 saturated carbocycles. The predicted molar refractivity (Wildman–Crippen MR) is 72.7 cm³/mol. The van der Waals surface area contributed by atoms with Gasteiger partial charge in [-0.25, -0.2) is 0 Å². The Bertz CT molecular complexity index is 381. The van der Waals surface area contributed by atoms with Gasteiger partial charge in [0.25, 0.3) is 5.91 Å². The predicted octanol–water partition coefficient (Wildman–Crippen LogP) is 3.30. The van der Waals surface area contributed by atoms with E-state index in [1.807, 2.05) is 39.8 Å². The second kappa shape index (κ2) is 6.06. The average molecular weight is 254 g/mol. The van der Waals surface area contributed by atoms with Crippen molar-refractivity contribution in [3.63, 3.8) is 0 Å². The summed E-state index contributed by atoms with van der Waals surface area (Å²) in [7, 11) is 0. The van der Waals surface area contributed by atoms with E-state index in [-0.39, 0.29) is 11.3 Å². The average Bonchev–Trinajstić information content (AvgIpc) is 2.23. The van der Waals surface area contributed by atoms with Crippen LogP contribution in [0.2, 0.25) is 0 Å². The molecule has 0 heterocycles. The highest BCUT2D eigenvalue weighted by molar-refractivity contribution is 6.21. The summed E-state index contributed by atoms with van der Waals surface area (Å²) >= 11 is 6.10. The fraction of sp³-hybridized carbons (Fsp3) is 0.500. The highest BCUT2D eigenvalue weighted by Crippen LogP contribution is 2.10. The van der Waals surface area contributed by atoms with E-state index in [2.05, 4.69) is 11.4 Å². The Kier molecular flexibility index (Phi) is 5.01. The first-order valence-electron chi connectivity index (χ1n) is 5.90. The number of nitrogens with one attached hydrogen (secondary N) is 1. The first kappa shape index (κ1) is 14.0. The van der Waals surface area contributed by atoms with Gasteiger partial charge in [-0.15, -0.1) is 11.6 Å². The van der Waals surface area contributed by atoms with E-state index in [0.29, 0.717) is 18.0 Å².